The quantitative estimate of drug-likeness (QED) is 0.522. The number of rotatable bonds is 5. The van der Waals surface area contributed by atoms with Gasteiger partial charge in [0.2, 0.25) is 0 Å². The summed E-state index contributed by atoms with van der Waals surface area (Å²) in [4.78, 5) is 21.4. The monoisotopic (exact) mass is 421 g/mol. The van der Waals surface area contributed by atoms with Gasteiger partial charge >= 0.3 is 0 Å². The Bertz CT molecular complexity index is 1180. The van der Waals surface area contributed by atoms with Crippen LogP contribution in [0.5, 0.6) is 0 Å². The van der Waals surface area contributed by atoms with Gasteiger partial charge < -0.3 is 4.79 Å². The van der Waals surface area contributed by atoms with E-state index < -0.39 is 0 Å². The lowest BCUT2D eigenvalue weighted by Crippen LogP contribution is -2.10. The predicted molar refractivity (Wildman–Crippen MR) is 115 cm³/mol. The van der Waals surface area contributed by atoms with Gasteiger partial charge in [0.25, 0.3) is 0 Å². The number of imidazole rings is 1. The number of ketones is 1. The van der Waals surface area contributed by atoms with Gasteiger partial charge in [0.1, 0.15) is 23.5 Å². The lowest BCUT2D eigenvalue weighted by Gasteiger charge is -2.15. The maximum Gasteiger partial charge on any atom is 0.138 e. The highest BCUT2D eigenvalue weighted by Gasteiger charge is 2.34. The van der Waals surface area contributed by atoms with Crippen molar-refractivity contribution < 1.29 is 9.18 Å². The fourth-order valence-corrected chi connectivity index (χ4v) is 4.29. The highest BCUT2D eigenvalue weighted by atomic mass is 35.5. The zero-order valence-electron chi connectivity index (χ0n) is 16.6. The molecule has 1 aliphatic carbocycles. The van der Waals surface area contributed by atoms with Crippen molar-refractivity contribution in [3.8, 4) is 5.69 Å². The van der Waals surface area contributed by atoms with Crippen LogP contribution in [0.1, 0.15) is 67.2 Å². The SMILES string of the molecule is CC(=O)CC[C@@H]1N=C(c2ccccc2F)c2cc(Cl)ccc2-n2c(C3CC3)cnc21. The summed E-state index contributed by atoms with van der Waals surface area (Å²) in [5.74, 6) is 1.03. The molecule has 0 amide bonds. The minimum atomic E-state index is -0.345. The van der Waals surface area contributed by atoms with Crippen molar-refractivity contribution in [1.29, 1.82) is 0 Å². The van der Waals surface area contributed by atoms with Crippen molar-refractivity contribution in [2.24, 2.45) is 4.99 Å². The molecule has 0 N–H and O–H groups in total. The van der Waals surface area contributed by atoms with Crippen LogP contribution in [0.15, 0.2) is 53.7 Å². The Labute approximate surface area is 179 Å². The van der Waals surface area contributed by atoms with E-state index in [0.29, 0.717) is 35.1 Å². The second-order valence-corrected chi connectivity index (χ2v) is 8.46. The second kappa shape index (κ2) is 7.47. The maximum atomic E-state index is 14.8. The summed E-state index contributed by atoms with van der Waals surface area (Å²) in [6.07, 6.45) is 5.10. The second-order valence-electron chi connectivity index (χ2n) is 8.03. The molecule has 1 aromatic heterocycles. The van der Waals surface area contributed by atoms with E-state index >= 15 is 0 Å². The van der Waals surface area contributed by atoms with E-state index in [0.717, 1.165) is 35.6 Å². The van der Waals surface area contributed by atoms with Gasteiger partial charge in [-0.25, -0.2) is 9.37 Å². The van der Waals surface area contributed by atoms with E-state index in [1.165, 1.54) is 6.07 Å². The number of carbonyl (C=O) groups excluding carboxylic acids is 1. The number of benzene rings is 2. The number of halogens is 2. The number of hydrogen-bond donors (Lipinski definition) is 0. The van der Waals surface area contributed by atoms with Gasteiger partial charge in [0.05, 0.1) is 11.4 Å². The third kappa shape index (κ3) is 3.37. The number of aliphatic imine (C=N–C) groups is 1. The lowest BCUT2D eigenvalue weighted by molar-refractivity contribution is -0.117. The lowest BCUT2D eigenvalue weighted by atomic mass is 9.99. The van der Waals surface area contributed by atoms with E-state index in [-0.39, 0.29) is 17.6 Å². The molecule has 2 aliphatic rings. The first kappa shape index (κ1) is 19.2. The van der Waals surface area contributed by atoms with E-state index in [9.17, 15) is 9.18 Å². The van der Waals surface area contributed by atoms with Gasteiger partial charge in [-0.15, -0.1) is 0 Å². The predicted octanol–water partition coefficient (Wildman–Crippen LogP) is 5.80. The number of hydrogen-bond acceptors (Lipinski definition) is 3. The van der Waals surface area contributed by atoms with Crippen molar-refractivity contribution in [2.45, 2.75) is 44.6 Å². The van der Waals surface area contributed by atoms with E-state index in [1.54, 1.807) is 25.1 Å². The summed E-state index contributed by atoms with van der Waals surface area (Å²) in [5.41, 5.74) is 3.80. The van der Waals surface area contributed by atoms with Crippen LogP contribution >= 0.6 is 11.6 Å². The summed E-state index contributed by atoms with van der Waals surface area (Å²) < 4.78 is 17.0. The first-order valence-electron chi connectivity index (χ1n) is 10.2. The number of Topliss-reactive ketones (excluding diaryl/α,β-unsaturated/α-hetero) is 1. The summed E-state index contributed by atoms with van der Waals surface area (Å²) in [5, 5.41) is 0.564. The smallest absolute Gasteiger partial charge is 0.138 e. The van der Waals surface area contributed by atoms with Gasteiger partial charge in [0.15, 0.2) is 0 Å². The van der Waals surface area contributed by atoms with Gasteiger partial charge in [-0.2, -0.15) is 0 Å². The fraction of sp³-hybridized carbons (Fsp3) is 0.292. The van der Waals surface area contributed by atoms with Gasteiger partial charge in [-0.1, -0.05) is 23.7 Å². The fourth-order valence-electron chi connectivity index (χ4n) is 4.12. The molecule has 1 fully saturated rings. The number of aromatic nitrogens is 2. The molecule has 3 aromatic rings. The zero-order chi connectivity index (χ0) is 20.8. The number of fused-ring (bicyclic) bond motifs is 3. The zero-order valence-corrected chi connectivity index (χ0v) is 17.4. The molecular formula is C24H21ClFN3O. The minimum Gasteiger partial charge on any atom is -0.300 e. The van der Waals surface area contributed by atoms with E-state index in [1.807, 2.05) is 24.4 Å². The van der Waals surface area contributed by atoms with Crippen molar-refractivity contribution in [3.05, 3.63) is 82.1 Å². The normalized spacial score (nSPS) is 17.7. The molecule has 1 atom stereocenters. The molecule has 2 aromatic carbocycles. The van der Waals surface area contributed by atoms with Crippen molar-refractivity contribution in [2.75, 3.05) is 0 Å². The Morgan fingerprint density at radius 1 is 1.20 bits per heavy atom. The van der Waals surface area contributed by atoms with Crippen LogP contribution in [-0.2, 0) is 4.79 Å². The minimum absolute atomic E-state index is 0.1000. The van der Waals surface area contributed by atoms with Crippen LogP contribution in [0.2, 0.25) is 5.02 Å². The third-order valence-corrected chi connectivity index (χ3v) is 5.98. The highest BCUT2D eigenvalue weighted by Crippen LogP contribution is 2.44. The van der Waals surface area contributed by atoms with E-state index in [2.05, 4.69) is 4.57 Å². The van der Waals surface area contributed by atoms with Crippen LogP contribution in [0.3, 0.4) is 0 Å². The topological polar surface area (TPSA) is 47.2 Å². The van der Waals surface area contributed by atoms with Crippen molar-refractivity contribution in [3.63, 3.8) is 0 Å². The van der Waals surface area contributed by atoms with Gasteiger partial charge in [-0.3, -0.25) is 9.56 Å². The van der Waals surface area contributed by atoms with Crippen LogP contribution in [0, 0.1) is 5.82 Å². The number of carbonyl (C=O) groups is 1. The molecule has 0 bridgehead atoms. The molecule has 1 aliphatic heterocycles. The Kier molecular flexibility index (Phi) is 4.78. The Morgan fingerprint density at radius 2 is 2.00 bits per heavy atom. The molecule has 2 heterocycles. The molecular weight excluding hydrogens is 401 g/mol. The molecule has 0 unspecified atom stereocenters. The first-order valence-corrected chi connectivity index (χ1v) is 10.6. The molecule has 1 saturated carbocycles. The molecule has 152 valence electrons. The number of nitrogens with zero attached hydrogens (tertiary/aromatic N) is 3. The summed E-state index contributed by atoms with van der Waals surface area (Å²) in [7, 11) is 0. The van der Waals surface area contributed by atoms with Crippen LogP contribution < -0.4 is 0 Å². The third-order valence-electron chi connectivity index (χ3n) is 5.75. The van der Waals surface area contributed by atoms with Crippen molar-refractivity contribution >= 4 is 23.1 Å². The van der Waals surface area contributed by atoms with Gasteiger partial charge in [-0.05, 0) is 56.5 Å². The Morgan fingerprint density at radius 3 is 2.73 bits per heavy atom. The van der Waals surface area contributed by atoms with Crippen molar-refractivity contribution in [1.82, 2.24) is 9.55 Å². The van der Waals surface area contributed by atoms with Crippen LogP contribution in [0.4, 0.5) is 4.39 Å². The standard InChI is InChI=1S/C24H21ClFN3O/c1-14(30)6-10-20-24-27-13-22(15-7-8-15)29(24)21-11-9-16(25)12-18(21)23(28-20)17-4-2-3-5-19(17)26/h2-5,9,11-13,15,20H,6-8,10H2,1H3/t20-/m0/s1. The molecule has 0 saturated heterocycles. The highest BCUT2D eigenvalue weighted by molar-refractivity contribution is 6.31. The molecule has 0 spiro atoms. The van der Waals surface area contributed by atoms with Crippen LogP contribution in [0.25, 0.3) is 5.69 Å². The molecule has 30 heavy (non-hydrogen) atoms. The first-order chi connectivity index (χ1) is 14.5. The van der Waals surface area contributed by atoms with Gasteiger partial charge in [0, 0.05) is 40.4 Å². The molecule has 5 rings (SSSR count). The Hall–Kier alpha value is -2.79. The average molecular weight is 422 g/mol. The van der Waals surface area contributed by atoms with E-state index in [4.69, 9.17) is 21.6 Å². The summed E-state index contributed by atoms with van der Waals surface area (Å²) in [6, 6.07) is 11.9. The maximum absolute atomic E-state index is 14.8. The largest absolute Gasteiger partial charge is 0.300 e. The molecule has 4 nitrogen and oxygen atoms in total. The molecule has 6 heteroatoms. The van der Waals surface area contributed by atoms with Crippen LogP contribution in [-0.4, -0.2) is 21.0 Å². The average Bonchev–Trinajstić information content (AvgIpc) is 3.50. The molecule has 0 radical (unpaired) electrons. The summed E-state index contributed by atoms with van der Waals surface area (Å²) >= 11 is 6.36. The Balaban J connectivity index is 1.77. The summed E-state index contributed by atoms with van der Waals surface area (Å²) in [6.45, 7) is 1.58.